The van der Waals surface area contributed by atoms with Gasteiger partial charge in [-0.05, 0) is 83.4 Å². The van der Waals surface area contributed by atoms with Crippen molar-refractivity contribution in [3.63, 3.8) is 0 Å². The van der Waals surface area contributed by atoms with E-state index in [-0.39, 0.29) is 6.04 Å². The SMILES string of the molecule is Clc1ccc(-n2c3c/c(=N\C4CCOCC4)c(Nc4cncc(Br)c4)cc-3nc3ccccc32)cc1. The summed E-state index contributed by atoms with van der Waals surface area (Å²) in [5, 5.41) is 5.11. The van der Waals surface area contributed by atoms with E-state index in [0.29, 0.717) is 5.02 Å². The number of ether oxygens (including phenoxy) is 1. The van der Waals surface area contributed by atoms with Crippen LogP contribution in [0, 0.1) is 0 Å². The predicted octanol–water partition coefficient (Wildman–Crippen LogP) is 6.76. The number of nitrogens with one attached hydrogen (secondary N) is 1. The Bertz CT molecular complexity index is 1580. The number of aromatic nitrogens is 3. The van der Waals surface area contributed by atoms with Gasteiger partial charge in [-0.3, -0.25) is 9.98 Å². The molecule has 0 spiro atoms. The maximum Gasteiger partial charge on any atom is 0.0900 e. The topological polar surface area (TPSA) is 64.3 Å². The van der Waals surface area contributed by atoms with Gasteiger partial charge in [-0.1, -0.05) is 23.7 Å². The summed E-state index contributed by atoms with van der Waals surface area (Å²) in [7, 11) is 0. The highest BCUT2D eigenvalue weighted by molar-refractivity contribution is 9.10. The van der Waals surface area contributed by atoms with Crippen LogP contribution >= 0.6 is 27.5 Å². The zero-order valence-corrected chi connectivity index (χ0v) is 21.7. The summed E-state index contributed by atoms with van der Waals surface area (Å²) in [5.41, 5.74) is 6.53. The summed E-state index contributed by atoms with van der Waals surface area (Å²) in [6.45, 7) is 1.47. The number of hydrogen-bond acceptors (Lipinski definition) is 5. The average Bonchev–Trinajstić information content (AvgIpc) is 2.89. The maximum atomic E-state index is 6.21. The van der Waals surface area contributed by atoms with Gasteiger partial charge >= 0.3 is 0 Å². The van der Waals surface area contributed by atoms with Crippen molar-refractivity contribution in [1.29, 1.82) is 0 Å². The average molecular weight is 561 g/mol. The minimum absolute atomic E-state index is 0.204. The van der Waals surface area contributed by atoms with E-state index in [2.05, 4.69) is 49.0 Å². The fourth-order valence-electron chi connectivity index (χ4n) is 4.56. The molecule has 1 aliphatic carbocycles. The number of benzene rings is 3. The molecule has 1 aromatic heterocycles. The van der Waals surface area contributed by atoms with E-state index in [0.717, 1.165) is 75.4 Å². The number of rotatable bonds is 4. The van der Waals surface area contributed by atoms with Crippen molar-refractivity contribution in [2.24, 2.45) is 4.99 Å². The molecule has 0 radical (unpaired) electrons. The van der Waals surface area contributed by atoms with Crippen LogP contribution in [0.4, 0.5) is 11.4 Å². The predicted molar refractivity (Wildman–Crippen MR) is 147 cm³/mol. The Labute approximate surface area is 222 Å². The standard InChI is InChI=1S/C28H23BrClN5O/c29-18-13-21(17-31-16-18)33-24-14-26-28(15-25(24)32-20-9-11-36-12-10-20)35(22-7-5-19(30)6-8-22)27-4-2-1-3-23(27)34-26/h1-8,13-17,20,33H,9-12H2/b32-25+. The van der Waals surface area contributed by atoms with Gasteiger partial charge in [-0.15, -0.1) is 0 Å². The zero-order valence-electron chi connectivity index (χ0n) is 19.4. The van der Waals surface area contributed by atoms with Crippen LogP contribution in [-0.2, 0) is 4.74 Å². The zero-order chi connectivity index (χ0) is 24.5. The Morgan fingerprint density at radius 3 is 2.61 bits per heavy atom. The molecule has 36 heavy (non-hydrogen) atoms. The van der Waals surface area contributed by atoms with Gasteiger partial charge in [-0.2, -0.15) is 0 Å². The Kier molecular flexibility index (Phi) is 6.44. The summed E-state index contributed by atoms with van der Waals surface area (Å²) in [4.78, 5) is 14.5. The molecule has 0 unspecified atom stereocenters. The summed E-state index contributed by atoms with van der Waals surface area (Å²) in [6, 6.07) is 22.5. The Morgan fingerprint density at radius 1 is 1.00 bits per heavy atom. The number of hydrogen-bond donors (Lipinski definition) is 1. The van der Waals surface area contributed by atoms with E-state index in [4.69, 9.17) is 26.3 Å². The first-order valence-electron chi connectivity index (χ1n) is 11.8. The van der Waals surface area contributed by atoms with E-state index < -0.39 is 0 Å². The quantitative estimate of drug-likeness (QED) is 0.247. The highest BCUT2D eigenvalue weighted by atomic mass is 79.9. The molecule has 2 aliphatic heterocycles. The third kappa shape index (κ3) is 4.74. The molecule has 3 aromatic rings. The lowest BCUT2D eigenvalue weighted by atomic mass is 10.1. The van der Waals surface area contributed by atoms with Crippen molar-refractivity contribution in [2.75, 3.05) is 18.5 Å². The monoisotopic (exact) mass is 559 g/mol. The van der Waals surface area contributed by atoms with E-state index in [9.17, 15) is 0 Å². The number of fused-ring (bicyclic) bond motifs is 2. The van der Waals surface area contributed by atoms with E-state index >= 15 is 0 Å². The van der Waals surface area contributed by atoms with Gasteiger partial charge < -0.3 is 14.6 Å². The summed E-state index contributed by atoms with van der Waals surface area (Å²) < 4.78 is 8.69. The Balaban J connectivity index is 1.62. The molecule has 8 heteroatoms. The molecule has 3 heterocycles. The van der Waals surface area contributed by atoms with Crippen molar-refractivity contribution < 1.29 is 4.74 Å². The van der Waals surface area contributed by atoms with E-state index in [1.54, 1.807) is 12.4 Å². The molecule has 6 rings (SSSR count). The van der Waals surface area contributed by atoms with Gasteiger partial charge in [-0.25, -0.2) is 4.98 Å². The Hall–Kier alpha value is -3.26. The molecule has 0 amide bonds. The van der Waals surface area contributed by atoms with E-state index in [1.165, 1.54) is 0 Å². The van der Waals surface area contributed by atoms with Gasteiger partial charge in [0.1, 0.15) is 0 Å². The van der Waals surface area contributed by atoms with Crippen molar-refractivity contribution >= 4 is 49.9 Å². The number of anilines is 2. The smallest absolute Gasteiger partial charge is 0.0900 e. The summed E-state index contributed by atoms with van der Waals surface area (Å²) in [5.74, 6) is 0. The van der Waals surface area contributed by atoms with Crippen LogP contribution in [-0.4, -0.2) is 33.8 Å². The van der Waals surface area contributed by atoms with Crippen LogP contribution in [0.2, 0.25) is 5.02 Å². The highest BCUT2D eigenvalue weighted by Crippen LogP contribution is 2.31. The fraction of sp³-hybridized carbons (Fsp3) is 0.179. The second-order valence-electron chi connectivity index (χ2n) is 8.76. The minimum Gasteiger partial charge on any atom is -0.381 e. The van der Waals surface area contributed by atoms with Gasteiger partial charge in [0.25, 0.3) is 0 Å². The van der Waals surface area contributed by atoms with Gasteiger partial charge in [0.05, 0.1) is 51.4 Å². The highest BCUT2D eigenvalue weighted by Gasteiger charge is 2.18. The molecule has 1 saturated heterocycles. The number of para-hydroxylation sites is 2. The third-order valence-electron chi connectivity index (χ3n) is 6.28. The summed E-state index contributed by atoms with van der Waals surface area (Å²) >= 11 is 9.73. The minimum atomic E-state index is 0.204. The lowest BCUT2D eigenvalue weighted by Gasteiger charge is -2.22. The van der Waals surface area contributed by atoms with Crippen molar-refractivity contribution in [2.45, 2.75) is 18.9 Å². The normalized spacial score (nSPS) is 15.0. The van der Waals surface area contributed by atoms with Crippen LogP contribution in [0.1, 0.15) is 12.8 Å². The lowest BCUT2D eigenvalue weighted by molar-refractivity contribution is 0.0864. The molecule has 180 valence electrons. The number of halogens is 2. The van der Waals surface area contributed by atoms with Gasteiger partial charge in [0.15, 0.2) is 0 Å². The first-order chi connectivity index (χ1) is 17.6. The second-order valence-corrected chi connectivity index (χ2v) is 10.1. The first-order valence-corrected chi connectivity index (χ1v) is 13.0. The van der Waals surface area contributed by atoms with Crippen molar-refractivity contribution in [3.05, 3.63) is 94.0 Å². The van der Waals surface area contributed by atoms with Crippen LogP contribution in [0.5, 0.6) is 0 Å². The summed E-state index contributed by atoms with van der Waals surface area (Å²) in [6.07, 6.45) is 5.38. The molecule has 1 N–H and O–H groups in total. The molecule has 0 saturated carbocycles. The second kappa shape index (κ2) is 10.0. The number of pyridine rings is 1. The van der Waals surface area contributed by atoms with Crippen molar-refractivity contribution in [1.82, 2.24) is 14.5 Å². The van der Waals surface area contributed by atoms with Crippen LogP contribution in [0.3, 0.4) is 0 Å². The third-order valence-corrected chi connectivity index (χ3v) is 6.96. The first kappa shape index (κ1) is 23.2. The van der Waals surface area contributed by atoms with Gasteiger partial charge in [0, 0.05) is 34.6 Å². The molecule has 1 fully saturated rings. The molecule has 0 bridgehead atoms. The maximum absolute atomic E-state index is 6.21. The molecular weight excluding hydrogens is 538 g/mol. The fourth-order valence-corrected chi connectivity index (χ4v) is 5.05. The van der Waals surface area contributed by atoms with Crippen LogP contribution in [0.15, 0.2) is 88.6 Å². The number of nitrogens with zero attached hydrogens (tertiary/aromatic N) is 4. The van der Waals surface area contributed by atoms with Crippen LogP contribution in [0.25, 0.3) is 28.1 Å². The molecular formula is C28H23BrClN5O. The molecule has 0 atom stereocenters. The molecule has 6 nitrogen and oxygen atoms in total. The van der Waals surface area contributed by atoms with Crippen molar-refractivity contribution in [3.8, 4) is 17.1 Å². The van der Waals surface area contributed by atoms with Crippen LogP contribution < -0.4 is 10.7 Å². The molecule has 2 aromatic carbocycles. The van der Waals surface area contributed by atoms with Gasteiger partial charge in [0.2, 0.25) is 0 Å². The lowest BCUT2D eigenvalue weighted by Crippen LogP contribution is -2.23. The Morgan fingerprint density at radius 2 is 1.81 bits per heavy atom. The molecule has 3 aliphatic rings. The van der Waals surface area contributed by atoms with E-state index in [1.807, 2.05) is 48.5 Å². The largest absolute Gasteiger partial charge is 0.381 e.